The van der Waals surface area contributed by atoms with Crippen LogP contribution in [0, 0.1) is 5.41 Å². The monoisotopic (exact) mass is 353 g/mol. The first kappa shape index (κ1) is 18.3. The summed E-state index contributed by atoms with van der Waals surface area (Å²) in [6, 6.07) is 17.5. The molecule has 0 saturated heterocycles. The van der Waals surface area contributed by atoms with Crippen LogP contribution < -0.4 is 10.4 Å². The van der Waals surface area contributed by atoms with Crippen LogP contribution in [-0.4, -0.2) is 27.0 Å². The second-order valence-corrected chi connectivity index (χ2v) is 6.56. The summed E-state index contributed by atoms with van der Waals surface area (Å²) in [7, 11) is 0. The Bertz CT molecular complexity index is 883. The van der Waals surface area contributed by atoms with Crippen molar-refractivity contribution < 1.29 is 9.84 Å². The zero-order valence-electron chi connectivity index (χ0n) is 15.3. The molecule has 1 atom stereocenters. The van der Waals surface area contributed by atoms with Gasteiger partial charge >= 0.3 is 0 Å². The molecule has 5 nitrogen and oxygen atoms in total. The van der Waals surface area contributed by atoms with Gasteiger partial charge in [0.2, 0.25) is 5.62 Å². The van der Waals surface area contributed by atoms with Crippen molar-refractivity contribution in [3.05, 3.63) is 60.2 Å². The molecule has 138 valence electrons. The fourth-order valence-electron chi connectivity index (χ4n) is 3.20. The van der Waals surface area contributed by atoms with Crippen LogP contribution >= 0.6 is 0 Å². The maximum Gasteiger partial charge on any atom is 0.203 e. The van der Waals surface area contributed by atoms with E-state index in [-0.39, 0.29) is 6.61 Å². The zero-order chi connectivity index (χ0) is 18.4. The van der Waals surface area contributed by atoms with Crippen molar-refractivity contribution in [2.24, 2.45) is 0 Å². The first-order chi connectivity index (χ1) is 12.7. The number of nitrogens with one attached hydrogen (secondary N) is 1. The molecule has 0 unspecified atom stereocenters. The number of para-hydroxylation sites is 3. The largest absolute Gasteiger partial charge is 0.491 e. The van der Waals surface area contributed by atoms with E-state index in [2.05, 4.69) is 6.92 Å². The van der Waals surface area contributed by atoms with Crippen LogP contribution in [0.4, 0.5) is 0 Å². The van der Waals surface area contributed by atoms with Gasteiger partial charge < -0.3 is 19.0 Å². The number of unbranched alkanes of at least 4 members (excludes halogenated alkanes) is 2. The van der Waals surface area contributed by atoms with Crippen molar-refractivity contribution in [2.75, 3.05) is 6.61 Å². The predicted molar refractivity (Wildman–Crippen MR) is 103 cm³/mol. The standard InChI is InChI=1S/C21H27N3O2/c1-2-3-9-14-23-19-12-7-8-13-20(19)24(21(23)22)15-17(25)16-26-18-10-5-4-6-11-18/h4-8,10-13,17,22,25H,2-3,9,14-16H2,1H3/t17-/m0/s1. The van der Waals surface area contributed by atoms with Gasteiger partial charge in [-0.1, -0.05) is 50.1 Å². The van der Waals surface area contributed by atoms with E-state index in [1.165, 1.54) is 0 Å². The minimum Gasteiger partial charge on any atom is -0.491 e. The van der Waals surface area contributed by atoms with Gasteiger partial charge in [-0.05, 0) is 30.7 Å². The summed E-state index contributed by atoms with van der Waals surface area (Å²) in [6.07, 6.45) is 2.68. The first-order valence-corrected chi connectivity index (χ1v) is 9.29. The number of rotatable bonds is 9. The molecule has 0 aliphatic heterocycles. The lowest BCUT2D eigenvalue weighted by atomic mass is 10.2. The maximum absolute atomic E-state index is 10.4. The van der Waals surface area contributed by atoms with Gasteiger partial charge in [-0.3, -0.25) is 5.41 Å². The van der Waals surface area contributed by atoms with Gasteiger partial charge in [0.25, 0.3) is 0 Å². The minimum atomic E-state index is -0.681. The van der Waals surface area contributed by atoms with E-state index < -0.39 is 6.10 Å². The number of aliphatic hydroxyl groups excluding tert-OH is 1. The molecule has 0 aliphatic rings. The van der Waals surface area contributed by atoms with Crippen LogP contribution in [0.15, 0.2) is 54.6 Å². The molecule has 3 aromatic rings. The molecule has 2 aromatic carbocycles. The molecule has 0 saturated carbocycles. The van der Waals surface area contributed by atoms with Gasteiger partial charge in [0.15, 0.2) is 0 Å². The highest BCUT2D eigenvalue weighted by atomic mass is 16.5. The third kappa shape index (κ3) is 4.17. The van der Waals surface area contributed by atoms with Gasteiger partial charge in [-0.25, -0.2) is 0 Å². The highest BCUT2D eigenvalue weighted by Gasteiger charge is 2.14. The average molecular weight is 353 g/mol. The summed E-state index contributed by atoms with van der Waals surface area (Å²) in [6.45, 7) is 3.55. The van der Waals surface area contributed by atoms with Crippen molar-refractivity contribution in [2.45, 2.75) is 45.4 Å². The van der Waals surface area contributed by atoms with Crippen molar-refractivity contribution in [1.82, 2.24) is 9.13 Å². The number of hydrogen-bond donors (Lipinski definition) is 2. The van der Waals surface area contributed by atoms with Gasteiger partial charge in [0, 0.05) is 6.54 Å². The van der Waals surface area contributed by atoms with Crippen molar-refractivity contribution in [3.63, 3.8) is 0 Å². The van der Waals surface area contributed by atoms with E-state index in [1.807, 2.05) is 63.7 Å². The Balaban J connectivity index is 1.76. The topological polar surface area (TPSA) is 63.2 Å². The van der Waals surface area contributed by atoms with E-state index in [1.54, 1.807) is 0 Å². The molecule has 0 spiro atoms. The van der Waals surface area contributed by atoms with Gasteiger partial charge in [-0.15, -0.1) is 0 Å². The molecule has 3 rings (SSSR count). The van der Waals surface area contributed by atoms with E-state index >= 15 is 0 Å². The average Bonchev–Trinajstić information content (AvgIpc) is 2.93. The lowest BCUT2D eigenvalue weighted by Crippen LogP contribution is -2.31. The number of aromatic nitrogens is 2. The fraction of sp³-hybridized carbons (Fsp3) is 0.381. The van der Waals surface area contributed by atoms with Gasteiger partial charge in [0.05, 0.1) is 17.6 Å². The number of aliphatic hydroxyl groups is 1. The van der Waals surface area contributed by atoms with E-state index in [0.717, 1.165) is 42.6 Å². The van der Waals surface area contributed by atoms with Crippen LogP contribution in [0.2, 0.25) is 0 Å². The second kappa shape index (κ2) is 8.72. The third-order valence-electron chi connectivity index (χ3n) is 4.54. The van der Waals surface area contributed by atoms with E-state index in [0.29, 0.717) is 12.2 Å². The van der Waals surface area contributed by atoms with Crippen LogP contribution in [0.1, 0.15) is 26.2 Å². The van der Waals surface area contributed by atoms with Crippen LogP contribution in [0.5, 0.6) is 5.75 Å². The Morgan fingerprint density at radius 2 is 1.62 bits per heavy atom. The number of imidazole rings is 1. The number of fused-ring (bicyclic) bond motifs is 1. The molecule has 0 fully saturated rings. The number of aryl methyl sites for hydroxylation is 1. The molecule has 26 heavy (non-hydrogen) atoms. The summed E-state index contributed by atoms with van der Waals surface area (Å²) in [5.74, 6) is 0.740. The van der Waals surface area contributed by atoms with Crippen molar-refractivity contribution >= 4 is 11.0 Å². The maximum atomic E-state index is 10.4. The van der Waals surface area contributed by atoms with E-state index in [4.69, 9.17) is 10.1 Å². The van der Waals surface area contributed by atoms with Crippen LogP contribution in [0.25, 0.3) is 11.0 Å². The summed E-state index contributed by atoms with van der Waals surface area (Å²) < 4.78 is 9.56. The lowest BCUT2D eigenvalue weighted by Gasteiger charge is -2.13. The smallest absolute Gasteiger partial charge is 0.203 e. The molecule has 0 radical (unpaired) electrons. The van der Waals surface area contributed by atoms with Crippen molar-refractivity contribution in [3.8, 4) is 5.75 Å². The molecule has 0 amide bonds. The summed E-state index contributed by atoms with van der Waals surface area (Å²) >= 11 is 0. The summed E-state index contributed by atoms with van der Waals surface area (Å²) in [4.78, 5) is 0. The molecule has 5 heteroatoms. The van der Waals surface area contributed by atoms with Crippen LogP contribution in [0.3, 0.4) is 0 Å². The lowest BCUT2D eigenvalue weighted by molar-refractivity contribution is 0.0921. The van der Waals surface area contributed by atoms with Crippen molar-refractivity contribution in [1.29, 1.82) is 5.41 Å². The Labute approximate surface area is 154 Å². The second-order valence-electron chi connectivity index (χ2n) is 6.56. The normalized spacial score (nSPS) is 12.4. The summed E-state index contributed by atoms with van der Waals surface area (Å²) in [5, 5.41) is 19.0. The molecule has 1 heterocycles. The minimum absolute atomic E-state index is 0.200. The molecule has 1 aromatic heterocycles. The quantitative estimate of drug-likeness (QED) is 0.578. The highest BCUT2D eigenvalue weighted by molar-refractivity contribution is 5.75. The Hall–Kier alpha value is -2.53. The molecule has 0 aliphatic carbocycles. The molecular weight excluding hydrogens is 326 g/mol. The van der Waals surface area contributed by atoms with Crippen LogP contribution in [-0.2, 0) is 13.1 Å². The number of nitrogens with zero attached hydrogens (tertiary/aromatic N) is 2. The predicted octanol–water partition coefficient (Wildman–Crippen LogP) is 3.55. The van der Waals surface area contributed by atoms with E-state index in [9.17, 15) is 5.11 Å². The number of ether oxygens (including phenoxy) is 1. The number of hydrogen-bond acceptors (Lipinski definition) is 3. The Kier molecular flexibility index (Phi) is 6.12. The third-order valence-corrected chi connectivity index (χ3v) is 4.54. The fourth-order valence-corrected chi connectivity index (χ4v) is 3.20. The molecule has 0 bridgehead atoms. The highest BCUT2D eigenvalue weighted by Crippen LogP contribution is 2.15. The summed E-state index contributed by atoms with van der Waals surface area (Å²) in [5.41, 5.74) is 2.46. The Morgan fingerprint density at radius 1 is 0.962 bits per heavy atom. The van der Waals surface area contributed by atoms with Gasteiger partial charge in [0.1, 0.15) is 18.5 Å². The number of benzene rings is 2. The first-order valence-electron chi connectivity index (χ1n) is 9.29. The van der Waals surface area contributed by atoms with Gasteiger partial charge in [-0.2, -0.15) is 0 Å². The molecular formula is C21H27N3O2. The SMILES string of the molecule is CCCCCn1c(=N)n(C[C@H](O)COc2ccccc2)c2ccccc21. The Morgan fingerprint density at radius 3 is 2.31 bits per heavy atom. The zero-order valence-corrected chi connectivity index (χ0v) is 15.3. The molecule has 2 N–H and O–H groups in total.